The first-order valence-electron chi connectivity index (χ1n) is 7.39. The zero-order valence-electron chi connectivity index (χ0n) is 13.9. The number of aromatic nitrogens is 3. The summed E-state index contributed by atoms with van der Waals surface area (Å²) in [6, 6.07) is 1.90. The topological polar surface area (TPSA) is 96.2 Å². The van der Waals surface area contributed by atoms with Crippen molar-refractivity contribution >= 4 is 17.4 Å². The smallest absolute Gasteiger partial charge is 0.224 e. The summed E-state index contributed by atoms with van der Waals surface area (Å²) >= 11 is 0. The van der Waals surface area contributed by atoms with E-state index in [1.54, 1.807) is 13.1 Å². The van der Waals surface area contributed by atoms with Gasteiger partial charge in [0.25, 0.3) is 0 Å². The van der Waals surface area contributed by atoms with Crippen molar-refractivity contribution < 1.29 is 9.32 Å². The monoisotopic (exact) mass is 318 g/mol. The van der Waals surface area contributed by atoms with Gasteiger partial charge in [0.2, 0.25) is 5.91 Å². The summed E-state index contributed by atoms with van der Waals surface area (Å²) in [7, 11) is 3.88. The number of anilines is 2. The number of rotatable bonds is 7. The molecule has 23 heavy (non-hydrogen) atoms. The van der Waals surface area contributed by atoms with E-state index in [2.05, 4.69) is 26.0 Å². The molecule has 1 amide bonds. The summed E-state index contributed by atoms with van der Waals surface area (Å²) in [6.07, 6.45) is 1.97. The van der Waals surface area contributed by atoms with E-state index in [0.29, 0.717) is 24.7 Å². The fourth-order valence-electron chi connectivity index (χ4n) is 2.06. The summed E-state index contributed by atoms with van der Waals surface area (Å²) in [5.41, 5.74) is 2.57. The first-order valence-corrected chi connectivity index (χ1v) is 7.39. The van der Waals surface area contributed by atoms with Crippen LogP contribution in [0.25, 0.3) is 0 Å². The second-order valence-corrected chi connectivity index (χ2v) is 5.45. The fourth-order valence-corrected chi connectivity index (χ4v) is 2.06. The molecular weight excluding hydrogens is 296 g/mol. The van der Waals surface area contributed by atoms with E-state index in [4.69, 9.17) is 4.52 Å². The van der Waals surface area contributed by atoms with Crippen molar-refractivity contribution in [1.82, 2.24) is 20.7 Å². The molecule has 0 aliphatic heterocycles. The molecular formula is C15H22N6O2. The van der Waals surface area contributed by atoms with E-state index in [9.17, 15) is 4.79 Å². The summed E-state index contributed by atoms with van der Waals surface area (Å²) < 4.78 is 5.05. The van der Waals surface area contributed by atoms with Crippen LogP contribution in [-0.4, -0.2) is 48.4 Å². The molecule has 0 atom stereocenters. The van der Waals surface area contributed by atoms with Crippen LogP contribution in [0.4, 0.5) is 11.5 Å². The zero-order chi connectivity index (χ0) is 16.8. The molecule has 0 aliphatic carbocycles. The minimum Gasteiger partial charge on any atom is -0.376 e. The molecule has 0 bridgehead atoms. The van der Waals surface area contributed by atoms with Gasteiger partial charge in [0.1, 0.15) is 5.76 Å². The van der Waals surface area contributed by atoms with Crippen molar-refractivity contribution in [2.24, 2.45) is 0 Å². The lowest BCUT2D eigenvalue weighted by atomic mass is 10.1. The normalized spacial score (nSPS) is 10.4. The Hall–Kier alpha value is -2.64. The molecule has 0 fully saturated rings. The average Bonchev–Trinajstić information content (AvgIpc) is 2.84. The van der Waals surface area contributed by atoms with Crippen LogP contribution in [0.1, 0.15) is 17.0 Å². The van der Waals surface area contributed by atoms with Gasteiger partial charge in [-0.15, -0.1) is 5.10 Å². The average molecular weight is 318 g/mol. The van der Waals surface area contributed by atoms with Crippen LogP contribution in [0, 0.1) is 13.8 Å². The van der Waals surface area contributed by atoms with Crippen molar-refractivity contribution in [3.05, 3.63) is 29.3 Å². The number of hydrogen-bond donors (Lipinski definition) is 2. The molecule has 0 unspecified atom stereocenters. The fraction of sp³-hybridized carbons (Fsp3) is 0.467. The third-order valence-corrected chi connectivity index (χ3v) is 3.43. The summed E-state index contributed by atoms with van der Waals surface area (Å²) in [5, 5.41) is 17.8. The number of nitrogens with zero attached hydrogens (tertiary/aromatic N) is 4. The first kappa shape index (κ1) is 16.7. The van der Waals surface area contributed by atoms with Gasteiger partial charge in [-0.2, -0.15) is 5.10 Å². The maximum Gasteiger partial charge on any atom is 0.224 e. The Bertz CT molecular complexity index is 648. The van der Waals surface area contributed by atoms with Crippen molar-refractivity contribution in [3.8, 4) is 0 Å². The Kier molecular flexibility index (Phi) is 5.51. The Labute approximate surface area is 135 Å². The van der Waals surface area contributed by atoms with E-state index >= 15 is 0 Å². The van der Waals surface area contributed by atoms with Gasteiger partial charge < -0.3 is 20.1 Å². The number of carbonyl (C=O) groups excluding carboxylic acids is 1. The molecule has 2 heterocycles. The number of aryl methyl sites for hydroxylation is 2. The van der Waals surface area contributed by atoms with E-state index in [1.807, 2.05) is 32.0 Å². The summed E-state index contributed by atoms with van der Waals surface area (Å²) in [6.45, 7) is 4.70. The molecule has 8 heteroatoms. The lowest BCUT2D eigenvalue weighted by Gasteiger charge is -2.13. The highest BCUT2D eigenvalue weighted by Crippen LogP contribution is 2.13. The molecule has 0 aliphatic rings. The highest BCUT2D eigenvalue weighted by Gasteiger charge is 2.12. The van der Waals surface area contributed by atoms with Crippen LogP contribution in [0.3, 0.4) is 0 Å². The minimum absolute atomic E-state index is 0.0608. The molecule has 2 aromatic heterocycles. The van der Waals surface area contributed by atoms with Gasteiger partial charge >= 0.3 is 0 Å². The van der Waals surface area contributed by atoms with Crippen molar-refractivity contribution in [1.29, 1.82) is 0 Å². The van der Waals surface area contributed by atoms with E-state index in [1.165, 1.54) is 0 Å². The molecule has 2 rings (SSSR count). The van der Waals surface area contributed by atoms with Crippen molar-refractivity contribution in [2.75, 3.05) is 37.4 Å². The van der Waals surface area contributed by atoms with Crippen LogP contribution in [0.5, 0.6) is 0 Å². The standard InChI is InChI=1S/C15H22N6O2/c1-10-13(11(2)23-20-10)8-15(22)17-6-5-16-14-7-12(21(3)4)9-18-19-14/h7,9H,5-6,8H2,1-4H3,(H,16,19)(H,17,22). The molecule has 124 valence electrons. The number of carbonyl (C=O) groups is 1. The van der Waals surface area contributed by atoms with Gasteiger partial charge in [0.15, 0.2) is 5.82 Å². The van der Waals surface area contributed by atoms with Crippen molar-refractivity contribution in [2.45, 2.75) is 20.3 Å². The van der Waals surface area contributed by atoms with Gasteiger partial charge in [-0.1, -0.05) is 5.16 Å². The molecule has 0 saturated carbocycles. The second kappa shape index (κ2) is 7.57. The number of hydrogen-bond acceptors (Lipinski definition) is 7. The third-order valence-electron chi connectivity index (χ3n) is 3.43. The van der Waals surface area contributed by atoms with Gasteiger partial charge in [0.05, 0.1) is 24.0 Å². The number of nitrogens with one attached hydrogen (secondary N) is 2. The van der Waals surface area contributed by atoms with Crippen LogP contribution in [0.2, 0.25) is 0 Å². The zero-order valence-corrected chi connectivity index (χ0v) is 13.9. The van der Waals surface area contributed by atoms with Crippen LogP contribution < -0.4 is 15.5 Å². The molecule has 2 N–H and O–H groups in total. The van der Waals surface area contributed by atoms with E-state index in [0.717, 1.165) is 16.9 Å². The van der Waals surface area contributed by atoms with Gasteiger partial charge in [0, 0.05) is 38.8 Å². The maximum atomic E-state index is 11.9. The van der Waals surface area contributed by atoms with E-state index < -0.39 is 0 Å². The highest BCUT2D eigenvalue weighted by atomic mass is 16.5. The van der Waals surface area contributed by atoms with Gasteiger partial charge in [-0.25, -0.2) is 0 Å². The molecule has 8 nitrogen and oxygen atoms in total. The van der Waals surface area contributed by atoms with Gasteiger partial charge in [-0.3, -0.25) is 4.79 Å². The van der Waals surface area contributed by atoms with Crippen molar-refractivity contribution in [3.63, 3.8) is 0 Å². The Morgan fingerprint density at radius 1 is 1.30 bits per heavy atom. The molecule has 0 saturated heterocycles. The first-order chi connectivity index (χ1) is 11.0. The molecule has 0 spiro atoms. The number of amides is 1. The minimum atomic E-state index is -0.0608. The van der Waals surface area contributed by atoms with Crippen LogP contribution >= 0.6 is 0 Å². The second-order valence-electron chi connectivity index (χ2n) is 5.45. The predicted molar refractivity (Wildman–Crippen MR) is 87.5 cm³/mol. The lowest BCUT2D eigenvalue weighted by molar-refractivity contribution is -0.120. The molecule has 0 radical (unpaired) electrons. The largest absolute Gasteiger partial charge is 0.376 e. The summed E-state index contributed by atoms with van der Waals surface area (Å²) in [4.78, 5) is 13.9. The predicted octanol–water partition coefficient (Wildman–Crippen LogP) is 0.918. The van der Waals surface area contributed by atoms with Crippen LogP contribution in [-0.2, 0) is 11.2 Å². The molecule has 2 aromatic rings. The SMILES string of the molecule is Cc1noc(C)c1CC(=O)NCCNc1cc(N(C)C)cnn1. The maximum absolute atomic E-state index is 11.9. The van der Waals surface area contributed by atoms with Crippen LogP contribution in [0.15, 0.2) is 16.8 Å². The highest BCUT2D eigenvalue weighted by molar-refractivity contribution is 5.79. The Morgan fingerprint density at radius 2 is 2.09 bits per heavy atom. The van der Waals surface area contributed by atoms with E-state index in [-0.39, 0.29) is 12.3 Å². The quantitative estimate of drug-likeness (QED) is 0.733. The third kappa shape index (κ3) is 4.67. The molecule has 0 aromatic carbocycles. The Balaban J connectivity index is 1.75. The summed E-state index contributed by atoms with van der Waals surface area (Å²) in [5.74, 6) is 1.30. The Morgan fingerprint density at radius 3 is 2.74 bits per heavy atom. The lowest BCUT2D eigenvalue weighted by Crippen LogP contribution is -2.30. The van der Waals surface area contributed by atoms with Gasteiger partial charge in [-0.05, 0) is 13.8 Å².